The first-order valence-electron chi connectivity index (χ1n) is 14.7. The van der Waals surface area contributed by atoms with Gasteiger partial charge in [0.15, 0.2) is 6.29 Å². The number of aliphatic hydroxyl groups excluding tert-OH is 1. The fraction of sp³-hybridized carbons (Fsp3) is 0.441. The SMILES string of the molecule is CC(=O)NCc1cccc(-c2ccc(C3OC(CN4CCCCCCC4)CC(c4ccc(CO)cc4)O3)cc2)c1. The third kappa shape index (κ3) is 7.79. The fourth-order valence-corrected chi connectivity index (χ4v) is 5.74. The zero-order valence-corrected chi connectivity index (χ0v) is 23.6. The summed E-state index contributed by atoms with van der Waals surface area (Å²) in [6.45, 7) is 5.28. The number of aliphatic hydroxyl groups is 1. The summed E-state index contributed by atoms with van der Waals surface area (Å²) >= 11 is 0. The number of carbonyl (C=O) groups excluding carboxylic acids is 1. The maximum atomic E-state index is 11.3. The molecule has 212 valence electrons. The van der Waals surface area contributed by atoms with E-state index in [1.54, 1.807) is 0 Å². The number of nitrogens with one attached hydrogen (secondary N) is 1. The normalized spacial score (nSPS) is 22.3. The van der Waals surface area contributed by atoms with Crippen molar-refractivity contribution in [1.29, 1.82) is 0 Å². The zero-order chi connectivity index (χ0) is 27.7. The second-order valence-corrected chi connectivity index (χ2v) is 11.2. The van der Waals surface area contributed by atoms with Gasteiger partial charge in [-0.3, -0.25) is 4.79 Å². The van der Waals surface area contributed by atoms with Crippen LogP contribution in [0.2, 0.25) is 0 Å². The van der Waals surface area contributed by atoms with Gasteiger partial charge in [0.05, 0.1) is 18.8 Å². The van der Waals surface area contributed by atoms with Gasteiger partial charge in [0.1, 0.15) is 0 Å². The van der Waals surface area contributed by atoms with E-state index < -0.39 is 6.29 Å². The average molecular weight is 543 g/mol. The van der Waals surface area contributed by atoms with Crippen molar-refractivity contribution in [3.05, 3.63) is 95.1 Å². The highest BCUT2D eigenvalue weighted by atomic mass is 16.7. The molecule has 2 fully saturated rings. The maximum Gasteiger partial charge on any atom is 0.217 e. The van der Waals surface area contributed by atoms with Gasteiger partial charge in [-0.15, -0.1) is 0 Å². The lowest BCUT2D eigenvalue weighted by Gasteiger charge is -2.38. The zero-order valence-electron chi connectivity index (χ0n) is 23.6. The van der Waals surface area contributed by atoms with Crippen LogP contribution in [0.5, 0.6) is 0 Å². The Bertz CT molecular complexity index is 1220. The van der Waals surface area contributed by atoms with Crippen molar-refractivity contribution in [2.45, 2.75) is 77.1 Å². The van der Waals surface area contributed by atoms with Crippen LogP contribution >= 0.6 is 0 Å². The first kappa shape index (κ1) is 28.5. The number of amides is 1. The number of carbonyl (C=O) groups is 1. The Morgan fingerprint density at radius 2 is 1.55 bits per heavy atom. The van der Waals surface area contributed by atoms with Crippen molar-refractivity contribution in [2.24, 2.45) is 0 Å². The molecule has 5 rings (SSSR count). The predicted molar refractivity (Wildman–Crippen MR) is 157 cm³/mol. The Hall–Kier alpha value is -3.03. The van der Waals surface area contributed by atoms with Gasteiger partial charge in [-0.1, -0.05) is 86.0 Å². The highest BCUT2D eigenvalue weighted by molar-refractivity contribution is 5.73. The highest BCUT2D eigenvalue weighted by Gasteiger charge is 2.33. The molecule has 1 amide bonds. The second-order valence-electron chi connectivity index (χ2n) is 11.2. The number of benzene rings is 3. The molecule has 0 aromatic heterocycles. The number of rotatable bonds is 8. The van der Waals surface area contributed by atoms with Crippen molar-refractivity contribution in [3.8, 4) is 11.1 Å². The van der Waals surface area contributed by atoms with E-state index in [9.17, 15) is 9.90 Å². The smallest absolute Gasteiger partial charge is 0.217 e. The van der Waals surface area contributed by atoms with E-state index in [4.69, 9.17) is 9.47 Å². The van der Waals surface area contributed by atoms with Crippen LogP contribution in [0, 0.1) is 0 Å². The summed E-state index contributed by atoms with van der Waals surface area (Å²) in [5, 5.41) is 12.4. The monoisotopic (exact) mass is 542 g/mol. The number of nitrogens with zero attached hydrogens (tertiary/aromatic N) is 1. The number of likely N-dealkylation sites (tertiary alicyclic amines) is 1. The molecule has 2 saturated heterocycles. The Morgan fingerprint density at radius 1 is 0.850 bits per heavy atom. The van der Waals surface area contributed by atoms with E-state index in [-0.39, 0.29) is 24.7 Å². The quantitative estimate of drug-likeness (QED) is 0.350. The molecular formula is C34H42N2O4. The van der Waals surface area contributed by atoms with Gasteiger partial charge in [0, 0.05) is 32.0 Å². The molecule has 0 bridgehead atoms. The van der Waals surface area contributed by atoms with Crippen molar-refractivity contribution in [2.75, 3.05) is 19.6 Å². The lowest BCUT2D eigenvalue weighted by molar-refractivity contribution is -0.253. The van der Waals surface area contributed by atoms with Crippen LogP contribution in [0.4, 0.5) is 0 Å². The first-order chi connectivity index (χ1) is 19.6. The van der Waals surface area contributed by atoms with Gasteiger partial charge >= 0.3 is 0 Å². The van der Waals surface area contributed by atoms with E-state index in [2.05, 4.69) is 58.7 Å². The first-order valence-corrected chi connectivity index (χ1v) is 14.7. The van der Waals surface area contributed by atoms with Gasteiger partial charge in [-0.2, -0.15) is 0 Å². The molecule has 40 heavy (non-hydrogen) atoms. The van der Waals surface area contributed by atoms with E-state index in [1.807, 2.05) is 24.3 Å². The summed E-state index contributed by atoms with van der Waals surface area (Å²) in [6.07, 6.45) is 6.86. The number of hydrogen-bond donors (Lipinski definition) is 2. The van der Waals surface area contributed by atoms with Crippen molar-refractivity contribution < 1.29 is 19.4 Å². The lowest BCUT2D eigenvalue weighted by atomic mass is 9.98. The van der Waals surface area contributed by atoms with Crippen LogP contribution in [0.3, 0.4) is 0 Å². The van der Waals surface area contributed by atoms with Crippen LogP contribution in [-0.4, -0.2) is 41.7 Å². The van der Waals surface area contributed by atoms with Crippen molar-refractivity contribution >= 4 is 5.91 Å². The van der Waals surface area contributed by atoms with Crippen LogP contribution < -0.4 is 5.32 Å². The average Bonchev–Trinajstić information content (AvgIpc) is 2.97. The van der Waals surface area contributed by atoms with E-state index >= 15 is 0 Å². The Balaban J connectivity index is 1.33. The Morgan fingerprint density at radius 3 is 2.25 bits per heavy atom. The predicted octanol–water partition coefficient (Wildman–Crippen LogP) is 6.29. The Labute approximate surface area is 238 Å². The molecule has 0 radical (unpaired) electrons. The van der Waals surface area contributed by atoms with Crippen molar-refractivity contribution in [1.82, 2.24) is 10.2 Å². The van der Waals surface area contributed by atoms with Gasteiger partial charge in [0.2, 0.25) is 5.91 Å². The summed E-state index contributed by atoms with van der Waals surface area (Å²) in [5.74, 6) is -0.0328. The molecular weight excluding hydrogens is 500 g/mol. The van der Waals surface area contributed by atoms with Gasteiger partial charge in [-0.05, 0) is 59.8 Å². The van der Waals surface area contributed by atoms with Crippen LogP contribution in [0.25, 0.3) is 11.1 Å². The molecule has 2 N–H and O–H groups in total. The topological polar surface area (TPSA) is 71.0 Å². The molecule has 3 atom stereocenters. The summed E-state index contributed by atoms with van der Waals surface area (Å²) in [4.78, 5) is 13.9. The molecule has 3 unspecified atom stereocenters. The molecule has 0 spiro atoms. The summed E-state index contributed by atoms with van der Waals surface area (Å²) in [7, 11) is 0. The largest absolute Gasteiger partial charge is 0.392 e. The van der Waals surface area contributed by atoms with Crippen LogP contribution in [0.15, 0.2) is 72.8 Å². The lowest BCUT2D eigenvalue weighted by Crippen LogP contribution is -2.40. The molecule has 3 aromatic rings. The number of hydrogen-bond acceptors (Lipinski definition) is 5. The number of ether oxygens (including phenoxy) is 2. The van der Waals surface area contributed by atoms with Gasteiger partial charge in [-0.25, -0.2) is 0 Å². The van der Waals surface area contributed by atoms with Crippen molar-refractivity contribution in [3.63, 3.8) is 0 Å². The minimum absolute atomic E-state index is 0.0328. The Kier molecular flexibility index (Phi) is 10.0. The third-order valence-corrected chi connectivity index (χ3v) is 8.01. The molecule has 2 aliphatic rings. The van der Waals surface area contributed by atoms with E-state index in [0.29, 0.717) is 6.54 Å². The molecule has 3 aromatic carbocycles. The van der Waals surface area contributed by atoms with E-state index in [1.165, 1.54) is 39.0 Å². The fourth-order valence-electron chi connectivity index (χ4n) is 5.74. The standard InChI is InChI=1S/C34H42N2O4/c1-25(38)35-22-27-8-7-9-31(20-27)28-14-16-30(17-15-28)34-39-32(23-36-18-5-3-2-4-6-19-36)21-33(40-34)29-12-10-26(24-37)11-13-29/h7-17,20,32-34,37H,2-6,18-19,21-24H2,1H3,(H,35,38). The third-order valence-electron chi connectivity index (χ3n) is 8.01. The minimum Gasteiger partial charge on any atom is -0.392 e. The second kappa shape index (κ2) is 14.0. The van der Waals surface area contributed by atoms with Gasteiger partial charge < -0.3 is 24.8 Å². The molecule has 2 heterocycles. The maximum absolute atomic E-state index is 11.3. The minimum atomic E-state index is -0.448. The molecule has 2 aliphatic heterocycles. The summed E-state index contributed by atoms with van der Waals surface area (Å²) in [6, 6.07) is 24.8. The molecule has 6 heteroatoms. The van der Waals surface area contributed by atoms with Gasteiger partial charge in [0.25, 0.3) is 0 Å². The molecule has 6 nitrogen and oxygen atoms in total. The summed E-state index contributed by atoms with van der Waals surface area (Å²) in [5.41, 5.74) is 6.32. The van der Waals surface area contributed by atoms with E-state index in [0.717, 1.165) is 59.4 Å². The van der Waals surface area contributed by atoms with Crippen LogP contribution in [0.1, 0.15) is 80.1 Å². The van der Waals surface area contributed by atoms with Crippen LogP contribution in [-0.2, 0) is 27.4 Å². The highest BCUT2D eigenvalue weighted by Crippen LogP contribution is 2.38. The molecule has 0 saturated carbocycles. The molecule has 0 aliphatic carbocycles. The summed E-state index contributed by atoms with van der Waals surface area (Å²) < 4.78 is 13.2.